The topological polar surface area (TPSA) is 78.4 Å². The Hall–Kier alpha value is -0.910. The molecule has 0 aliphatic heterocycles. The van der Waals surface area contributed by atoms with Gasteiger partial charge in [-0.3, -0.25) is 4.79 Å². The molecule has 0 saturated heterocycles. The number of thioether (sulfide) groups is 1. The number of aliphatic carboxylic acids is 1. The molecule has 1 rings (SSSR count). The smallest absolute Gasteiger partial charge is 0.315 e. The maximum atomic E-state index is 12.0. The minimum atomic E-state index is -0.750. The van der Waals surface area contributed by atoms with Crippen molar-refractivity contribution in [2.45, 2.75) is 63.2 Å². The highest BCUT2D eigenvalue weighted by molar-refractivity contribution is 8.00. The number of hydrogen-bond donors (Lipinski definition) is 3. The quantitative estimate of drug-likeness (QED) is 0.675. The largest absolute Gasteiger partial charge is 0.481 e. The SMILES string of the molecule is CCC(CC)(CNC(=O)NC1CCCC(C(=O)O)C1)SC. The molecule has 0 aromatic rings. The zero-order chi connectivity index (χ0) is 15.9. The lowest BCUT2D eigenvalue weighted by Crippen LogP contribution is -2.48. The zero-order valence-corrected chi connectivity index (χ0v) is 14.1. The first kappa shape index (κ1) is 18.1. The van der Waals surface area contributed by atoms with Crippen LogP contribution in [0.4, 0.5) is 4.79 Å². The third-order valence-electron chi connectivity index (χ3n) is 4.65. The number of carbonyl (C=O) groups is 2. The van der Waals surface area contributed by atoms with Crippen LogP contribution in [0.5, 0.6) is 0 Å². The number of amides is 2. The van der Waals surface area contributed by atoms with Gasteiger partial charge < -0.3 is 15.7 Å². The van der Waals surface area contributed by atoms with Crippen molar-refractivity contribution in [1.82, 2.24) is 10.6 Å². The van der Waals surface area contributed by atoms with Gasteiger partial charge in [0.05, 0.1) is 5.92 Å². The summed E-state index contributed by atoms with van der Waals surface area (Å²) in [5.41, 5.74) is 0. The molecule has 2 amide bonds. The second-order valence-corrected chi connectivity index (χ2v) is 7.09. The van der Waals surface area contributed by atoms with Gasteiger partial charge in [0.2, 0.25) is 0 Å². The van der Waals surface area contributed by atoms with E-state index in [4.69, 9.17) is 5.11 Å². The van der Waals surface area contributed by atoms with Gasteiger partial charge in [-0.15, -0.1) is 0 Å². The van der Waals surface area contributed by atoms with Crippen LogP contribution in [0.3, 0.4) is 0 Å². The number of nitrogens with one attached hydrogen (secondary N) is 2. The Morgan fingerprint density at radius 3 is 2.48 bits per heavy atom. The van der Waals surface area contributed by atoms with Crippen LogP contribution in [0.25, 0.3) is 0 Å². The molecule has 1 saturated carbocycles. The molecule has 1 aliphatic carbocycles. The first-order valence-corrected chi connectivity index (χ1v) is 9.01. The molecule has 5 nitrogen and oxygen atoms in total. The first-order chi connectivity index (χ1) is 9.96. The van der Waals surface area contributed by atoms with E-state index in [9.17, 15) is 9.59 Å². The van der Waals surface area contributed by atoms with Gasteiger partial charge in [-0.05, 0) is 38.4 Å². The molecular formula is C15H28N2O3S. The highest BCUT2D eigenvalue weighted by atomic mass is 32.2. The average molecular weight is 316 g/mol. The van der Waals surface area contributed by atoms with Crippen LogP contribution in [0.1, 0.15) is 52.4 Å². The fourth-order valence-electron chi connectivity index (χ4n) is 2.88. The Balaban J connectivity index is 2.41. The van der Waals surface area contributed by atoms with E-state index in [-0.39, 0.29) is 22.7 Å². The van der Waals surface area contributed by atoms with E-state index in [1.165, 1.54) is 0 Å². The molecule has 0 radical (unpaired) electrons. The van der Waals surface area contributed by atoms with Crippen LogP contribution < -0.4 is 10.6 Å². The summed E-state index contributed by atoms with van der Waals surface area (Å²) in [5.74, 6) is -1.07. The van der Waals surface area contributed by atoms with E-state index in [2.05, 4.69) is 30.7 Å². The van der Waals surface area contributed by atoms with Crippen LogP contribution in [0, 0.1) is 5.92 Å². The van der Waals surface area contributed by atoms with Crippen LogP contribution in [0.15, 0.2) is 0 Å². The number of carboxylic acid groups (broad SMARTS) is 1. The number of carbonyl (C=O) groups excluding carboxylic acids is 1. The van der Waals surface area contributed by atoms with Crippen molar-refractivity contribution >= 4 is 23.8 Å². The van der Waals surface area contributed by atoms with Crippen molar-refractivity contribution in [2.75, 3.05) is 12.8 Å². The molecule has 0 heterocycles. The Labute approximate surface area is 131 Å². The van der Waals surface area contributed by atoms with Crippen molar-refractivity contribution in [1.29, 1.82) is 0 Å². The fourth-order valence-corrected chi connectivity index (χ4v) is 3.68. The third-order valence-corrected chi connectivity index (χ3v) is 6.24. The molecule has 3 N–H and O–H groups in total. The summed E-state index contributed by atoms with van der Waals surface area (Å²) in [6, 6.07) is -0.196. The Morgan fingerprint density at radius 1 is 1.29 bits per heavy atom. The summed E-state index contributed by atoms with van der Waals surface area (Å²) < 4.78 is 0.0908. The molecule has 21 heavy (non-hydrogen) atoms. The second kappa shape index (κ2) is 8.51. The molecule has 2 unspecified atom stereocenters. The minimum absolute atomic E-state index is 0.0215. The summed E-state index contributed by atoms with van der Waals surface area (Å²) in [6.45, 7) is 4.92. The van der Waals surface area contributed by atoms with Gasteiger partial charge in [-0.2, -0.15) is 11.8 Å². The Morgan fingerprint density at radius 2 is 1.95 bits per heavy atom. The van der Waals surface area contributed by atoms with Gasteiger partial charge in [0.15, 0.2) is 0 Å². The zero-order valence-electron chi connectivity index (χ0n) is 13.3. The third kappa shape index (κ3) is 5.41. The van der Waals surface area contributed by atoms with Crippen molar-refractivity contribution in [2.24, 2.45) is 5.92 Å². The summed E-state index contributed by atoms with van der Waals surface area (Å²) >= 11 is 1.79. The molecule has 2 atom stereocenters. The summed E-state index contributed by atoms with van der Waals surface area (Å²) in [7, 11) is 0. The summed E-state index contributed by atoms with van der Waals surface area (Å²) in [4.78, 5) is 23.0. The lowest BCUT2D eigenvalue weighted by Gasteiger charge is -2.31. The van der Waals surface area contributed by atoms with E-state index in [0.717, 1.165) is 32.1 Å². The van der Waals surface area contributed by atoms with Gasteiger partial charge in [0.1, 0.15) is 0 Å². The highest BCUT2D eigenvalue weighted by Gasteiger charge is 2.29. The lowest BCUT2D eigenvalue weighted by atomic mass is 9.86. The van der Waals surface area contributed by atoms with Gasteiger partial charge in [0.25, 0.3) is 0 Å². The molecular weight excluding hydrogens is 288 g/mol. The molecule has 0 spiro atoms. The summed E-state index contributed by atoms with van der Waals surface area (Å²) in [5, 5.41) is 14.9. The molecule has 1 fully saturated rings. The van der Waals surface area contributed by atoms with Crippen LogP contribution in [-0.2, 0) is 4.79 Å². The first-order valence-electron chi connectivity index (χ1n) is 7.78. The molecule has 6 heteroatoms. The average Bonchev–Trinajstić information content (AvgIpc) is 2.49. The van der Waals surface area contributed by atoms with Gasteiger partial charge in [-0.25, -0.2) is 4.79 Å². The van der Waals surface area contributed by atoms with Crippen LogP contribution in [-0.4, -0.2) is 40.7 Å². The van der Waals surface area contributed by atoms with Crippen LogP contribution in [0.2, 0.25) is 0 Å². The highest BCUT2D eigenvalue weighted by Crippen LogP contribution is 2.29. The molecule has 1 aliphatic rings. The Kier molecular flexibility index (Phi) is 7.35. The normalized spacial score (nSPS) is 22.6. The second-order valence-electron chi connectivity index (χ2n) is 5.82. The molecule has 0 aromatic heterocycles. The predicted octanol–water partition coefficient (Wildman–Crippen LogP) is 2.85. The molecule has 0 bridgehead atoms. The van der Waals surface area contributed by atoms with E-state index in [0.29, 0.717) is 13.0 Å². The maximum absolute atomic E-state index is 12.0. The van der Waals surface area contributed by atoms with Gasteiger partial charge in [-0.1, -0.05) is 20.3 Å². The van der Waals surface area contributed by atoms with Crippen LogP contribution >= 0.6 is 11.8 Å². The van der Waals surface area contributed by atoms with Crippen molar-refractivity contribution in [3.05, 3.63) is 0 Å². The molecule has 122 valence electrons. The van der Waals surface area contributed by atoms with Gasteiger partial charge in [0, 0.05) is 17.3 Å². The minimum Gasteiger partial charge on any atom is -0.481 e. The lowest BCUT2D eigenvalue weighted by molar-refractivity contribution is -0.143. The predicted molar refractivity (Wildman–Crippen MR) is 86.7 cm³/mol. The van der Waals surface area contributed by atoms with E-state index >= 15 is 0 Å². The fraction of sp³-hybridized carbons (Fsp3) is 0.867. The Bertz CT molecular complexity index is 351. The number of rotatable bonds is 7. The van der Waals surface area contributed by atoms with Crippen molar-refractivity contribution in [3.8, 4) is 0 Å². The summed E-state index contributed by atoms with van der Waals surface area (Å²) in [6.07, 6.45) is 7.08. The van der Waals surface area contributed by atoms with E-state index in [1.807, 2.05) is 0 Å². The molecule has 0 aromatic carbocycles. The van der Waals surface area contributed by atoms with Gasteiger partial charge >= 0.3 is 12.0 Å². The maximum Gasteiger partial charge on any atom is 0.315 e. The number of urea groups is 1. The number of hydrogen-bond acceptors (Lipinski definition) is 3. The van der Waals surface area contributed by atoms with Crippen molar-refractivity contribution in [3.63, 3.8) is 0 Å². The van der Waals surface area contributed by atoms with E-state index < -0.39 is 5.97 Å². The van der Waals surface area contributed by atoms with E-state index in [1.54, 1.807) is 11.8 Å². The van der Waals surface area contributed by atoms with Crippen molar-refractivity contribution < 1.29 is 14.7 Å². The standard InChI is InChI=1S/C15H28N2O3S/c1-4-15(5-2,21-3)10-16-14(20)17-12-8-6-7-11(9-12)13(18)19/h11-12H,4-10H2,1-3H3,(H,18,19)(H2,16,17,20). The monoisotopic (exact) mass is 316 g/mol. The number of carboxylic acids is 1.